The number of hydrogen-bond donors (Lipinski definition) is 1. The van der Waals surface area contributed by atoms with Crippen LogP contribution in [0.2, 0.25) is 0 Å². The minimum absolute atomic E-state index is 0.0129. The average Bonchev–Trinajstić information content (AvgIpc) is 3.35. The lowest BCUT2D eigenvalue weighted by Gasteiger charge is -2.35. The summed E-state index contributed by atoms with van der Waals surface area (Å²) >= 11 is 1.09. The summed E-state index contributed by atoms with van der Waals surface area (Å²) in [6.07, 6.45) is 0. The van der Waals surface area contributed by atoms with Crippen LogP contribution in [0.4, 0.5) is 10.1 Å². The van der Waals surface area contributed by atoms with Crippen LogP contribution in [0.3, 0.4) is 0 Å². The third-order valence-electron chi connectivity index (χ3n) is 5.48. The number of sulfonamides is 1. The van der Waals surface area contributed by atoms with E-state index in [0.717, 1.165) is 28.3 Å². The number of carbonyl (C=O) groups is 1. The predicted molar refractivity (Wildman–Crippen MR) is 126 cm³/mol. The molecular formula is C23H24FN3O4S2. The maximum absolute atomic E-state index is 13.3. The Morgan fingerprint density at radius 3 is 2.52 bits per heavy atom. The monoisotopic (exact) mass is 489 g/mol. The summed E-state index contributed by atoms with van der Waals surface area (Å²) < 4.78 is 46.4. The first-order valence-corrected chi connectivity index (χ1v) is 12.7. The molecular weight excluding hydrogens is 465 g/mol. The Morgan fingerprint density at radius 2 is 1.82 bits per heavy atom. The van der Waals surface area contributed by atoms with Crippen molar-refractivity contribution in [1.29, 1.82) is 0 Å². The lowest BCUT2D eigenvalue weighted by atomic mass is 10.2. The minimum atomic E-state index is -3.82. The molecule has 10 heteroatoms. The van der Waals surface area contributed by atoms with Crippen molar-refractivity contribution in [3.05, 3.63) is 76.2 Å². The Labute approximate surface area is 196 Å². The molecule has 0 saturated carbocycles. The Balaban J connectivity index is 1.42. The molecule has 0 atom stereocenters. The minimum Gasteiger partial charge on any atom is -0.497 e. The predicted octanol–water partition coefficient (Wildman–Crippen LogP) is 3.34. The van der Waals surface area contributed by atoms with Crippen LogP contribution in [-0.2, 0) is 16.6 Å². The van der Waals surface area contributed by atoms with E-state index in [1.165, 1.54) is 22.5 Å². The van der Waals surface area contributed by atoms with Gasteiger partial charge in [-0.15, -0.1) is 11.3 Å². The van der Waals surface area contributed by atoms with Gasteiger partial charge >= 0.3 is 0 Å². The number of ether oxygens (including phenoxy) is 1. The SMILES string of the molecule is COc1cccc(N2CCN(S(=O)(=O)c3ccsc3C(=O)NCc3ccc(F)cc3)CC2)c1. The fourth-order valence-electron chi connectivity index (χ4n) is 3.66. The molecule has 1 saturated heterocycles. The number of nitrogens with one attached hydrogen (secondary N) is 1. The number of amides is 1. The van der Waals surface area contributed by atoms with E-state index in [-0.39, 0.29) is 22.1 Å². The Hall–Kier alpha value is -2.95. The van der Waals surface area contributed by atoms with Gasteiger partial charge in [-0.2, -0.15) is 4.31 Å². The molecule has 1 aromatic heterocycles. The molecule has 4 rings (SSSR count). The molecule has 1 aliphatic heterocycles. The first kappa shape index (κ1) is 23.2. The topological polar surface area (TPSA) is 79.0 Å². The highest BCUT2D eigenvalue weighted by Gasteiger charge is 2.32. The van der Waals surface area contributed by atoms with E-state index in [1.54, 1.807) is 24.6 Å². The summed E-state index contributed by atoms with van der Waals surface area (Å²) in [6.45, 7) is 1.86. The Bertz CT molecular complexity index is 1220. The summed E-state index contributed by atoms with van der Waals surface area (Å²) in [7, 11) is -2.21. The first-order valence-electron chi connectivity index (χ1n) is 10.4. The summed E-state index contributed by atoms with van der Waals surface area (Å²) in [4.78, 5) is 15.0. The van der Waals surface area contributed by atoms with E-state index in [4.69, 9.17) is 4.74 Å². The van der Waals surface area contributed by atoms with Crippen molar-refractivity contribution in [3.8, 4) is 5.75 Å². The molecule has 0 radical (unpaired) electrons. The van der Waals surface area contributed by atoms with Gasteiger partial charge in [0, 0.05) is 44.5 Å². The summed E-state index contributed by atoms with van der Waals surface area (Å²) in [5.41, 5.74) is 1.70. The molecule has 1 N–H and O–H groups in total. The van der Waals surface area contributed by atoms with Crippen LogP contribution in [-0.4, -0.2) is 51.9 Å². The number of carbonyl (C=O) groups excluding carboxylic acids is 1. The van der Waals surface area contributed by atoms with Gasteiger partial charge in [0.2, 0.25) is 10.0 Å². The number of benzene rings is 2. The van der Waals surface area contributed by atoms with Gasteiger partial charge in [0.15, 0.2) is 0 Å². The number of halogens is 1. The third-order valence-corrected chi connectivity index (χ3v) is 8.46. The van der Waals surface area contributed by atoms with Crippen molar-refractivity contribution < 1.29 is 22.3 Å². The van der Waals surface area contributed by atoms with Crippen molar-refractivity contribution in [2.24, 2.45) is 0 Å². The molecule has 2 heterocycles. The van der Waals surface area contributed by atoms with Gasteiger partial charge in [-0.1, -0.05) is 18.2 Å². The molecule has 1 aliphatic rings. The zero-order valence-electron chi connectivity index (χ0n) is 18.0. The Morgan fingerprint density at radius 1 is 1.09 bits per heavy atom. The van der Waals surface area contributed by atoms with Crippen LogP contribution in [0.5, 0.6) is 5.75 Å². The van der Waals surface area contributed by atoms with E-state index in [1.807, 2.05) is 24.3 Å². The number of anilines is 1. The number of rotatable bonds is 7. The van der Waals surface area contributed by atoms with Crippen molar-refractivity contribution in [2.45, 2.75) is 11.4 Å². The fraction of sp³-hybridized carbons (Fsp3) is 0.261. The zero-order valence-corrected chi connectivity index (χ0v) is 19.7. The molecule has 0 bridgehead atoms. The lowest BCUT2D eigenvalue weighted by Crippen LogP contribution is -2.48. The molecule has 7 nitrogen and oxygen atoms in total. The molecule has 0 unspecified atom stereocenters. The summed E-state index contributed by atoms with van der Waals surface area (Å²) in [6, 6.07) is 14.9. The molecule has 174 valence electrons. The molecule has 0 spiro atoms. The second-order valence-corrected chi connectivity index (χ2v) is 10.3. The molecule has 1 fully saturated rings. The number of thiophene rings is 1. The summed E-state index contributed by atoms with van der Waals surface area (Å²) in [5.74, 6) is -0.0803. The van der Waals surface area contributed by atoms with E-state index in [0.29, 0.717) is 26.2 Å². The van der Waals surface area contributed by atoms with Crippen LogP contribution < -0.4 is 15.0 Å². The smallest absolute Gasteiger partial charge is 0.263 e. The summed E-state index contributed by atoms with van der Waals surface area (Å²) in [5, 5.41) is 4.32. The van der Waals surface area contributed by atoms with E-state index in [9.17, 15) is 17.6 Å². The van der Waals surface area contributed by atoms with Gasteiger partial charge in [-0.25, -0.2) is 12.8 Å². The second kappa shape index (κ2) is 9.90. The zero-order chi connectivity index (χ0) is 23.4. The van der Waals surface area contributed by atoms with Crippen molar-refractivity contribution in [3.63, 3.8) is 0 Å². The van der Waals surface area contributed by atoms with Crippen molar-refractivity contribution in [1.82, 2.24) is 9.62 Å². The van der Waals surface area contributed by atoms with E-state index >= 15 is 0 Å². The van der Waals surface area contributed by atoms with Crippen LogP contribution >= 0.6 is 11.3 Å². The highest BCUT2D eigenvalue weighted by Crippen LogP contribution is 2.28. The molecule has 2 aromatic carbocycles. The number of nitrogens with zero attached hydrogens (tertiary/aromatic N) is 2. The van der Waals surface area contributed by atoms with Gasteiger partial charge in [0.25, 0.3) is 5.91 Å². The highest BCUT2D eigenvalue weighted by atomic mass is 32.2. The molecule has 33 heavy (non-hydrogen) atoms. The van der Waals surface area contributed by atoms with Gasteiger partial charge in [0.1, 0.15) is 21.3 Å². The Kier molecular flexibility index (Phi) is 6.96. The van der Waals surface area contributed by atoms with Crippen LogP contribution in [0.1, 0.15) is 15.2 Å². The van der Waals surface area contributed by atoms with Crippen LogP contribution in [0, 0.1) is 5.82 Å². The normalized spacial score (nSPS) is 14.8. The van der Waals surface area contributed by atoms with Gasteiger partial charge in [0.05, 0.1) is 7.11 Å². The van der Waals surface area contributed by atoms with E-state index in [2.05, 4.69) is 10.2 Å². The number of piperazine rings is 1. The lowest BCUT2D eigenvalue weighted by molar-refractivity contribution is 0.0952. The average molecular weight is 490 g/mol. The first-order chi connectivity index (χ1) is 15.9. The largest absolute Gasteiger partial charge is 0.497 e. The van der Waals surface area contributed by atoms with Crippen LogP contribution in [0.25, 0.3) is 0 Å². The third kappa shape index (κ3) is 5.18. The maximum atomic E-state index is 13.3. The number of methoxy groups -OCH3 is 1. The van der Waals surface area contributed by atoms with E-state index < -0.39 is 15.9 Å². The van der Waals surface area contributed by atoms with Crippen LogP contribution in [0.15, 0.2) is 64.9 Å². The molecule has 0 aliphatic carbocycles. The second-order valence-electron chi connectivity index (χ2n) is 7.52. The maximum Gasteiger partial charge on any atom is 0.263 e. The van der Waals surface area contributed by atoms with Crippen molar-refractivity contribution >= 4 is 33.0 Å². The highest BCUT2D eigenvalue weighted by molar-refractivity contribution is 7.89. The molecule has 1 amide bonds. The standard InChI is InChI=1S/C23H24FN3O4S2/c1-31-20-4-2-3-19(15-20)26-10-12-27(13-11-26)33(29,30)21-9-14-32-22(21)23(28)25-16-17-5-7-18(24)8-6-17/h2-9,14-15H,10-13,16H2,1H3,(H,25,28). The fourth-order valence-corrected chi connectivity index (χ4v) is 6.40. The molecule has 3 aromatic rings. The van der Waals surface area contributed by atoms with Crippen molar-refractivity contribution in [2.75, 3.05) is 38.2 Å². The van der Waals surface area contributed by atoms with Gasteiger partial charge < -0.3 is 15.0 Å². The van der Waals surface area contributed by atoms with Gasteiger partial charge in [-0.05, 0) is 41.3 Å². The van der Waals surface area contributed by atoms with Gasteiger partial charge in [-0.3, -0.25) is 4.79 Å². The number of hydrogen-bond acceptors (Lipinski definition) is 6. The quantitative estimate of drug-likeness (QED) is 0.551.